The number of nitrogens with zero attached hydrogens (tertiary/aromatic N) is 1. The van der Waals surface area contributed by atoms with Crippen molar-refractivity contribution in [1.82, 2.24) is 10.3 Å². The van der Waals surface area contributed by atoms with E-state index in [1.807, 2.05) is 5.38 Å². The minimum absolute atomic E-state index is 0.103. The molecule has 0 unspecified atom stereocenters. The van der Waals surface area contributed by atoms with Gasteiger partial charge in [0, 0.05) is 24.9 Å². The minimum atomic E-state index is -0.267. The quantitative estimate of drug-likeness (QED) is 0.546. The summed E-state index contributed by atoms with van der Waals surface area (Å²) in [6.45, 7) is 0.854. The van der Waals surface area contributed by atoms with Crippen molar-refractivity contribution in [3.63, 3.8) is 0 Å². The van der Waals surface area contributed by atoms with E-state index in [4.69, 9.17) is 5.73 Å². The van der Waals surface area contributed by atoms with Crippen molar-refractivity contribution in [2.45, 2.75) is 25.8 Å². The zero-order valence-electron chi connectivity index (χ0n) is 10.3. The fourth-order valence-electron chi connectivity index (χ4n) is 1.31. The van der Waals surface area contributed by atoms with Crippen LogP contribution in [0.2, 0.25) is 0 Å². The number of nitrogens with one attached hydrogen (secondary N) is 1. The summed E-state index contributed by atoms with van der Waals surface area (Å²) in [6, 6.07) is 0. The maximum absolute atomic E-state index is 11.5. The lowest BCUT2D eigenvalue weighted by Crippen LogP contribution is -2.26. The van der Waals surface area contributed by atoms with Gasteiger partial charge in [-0.15, -0.1) is 11.3 Å². The predicted molar refractivity (Wildman–Crippen MR) is 68.0 cm³/mol. The number of thiazole rings is 1. The Hall–Kier alpha value is -1.47. The summed E-state index contributed by atoms with van der Waals surface area (Å²) in [5.41, 5.74) is 6.16. The van der Waals surface area contributed by atoms with Crippen LogP contribution in [0.25, 0.3) is 0 Å². The molecule has 1 aromatic heterocycles. The van der Waals surface area contributed by atoms with Crippen LogP contribution in [-0.4, -0.2) is 30.5 Å². The maximum Gasteiger partial charge on any atom is 0.305 e. The first-order valence-corrected chi connectivity index (χ1v) is 6.50. The first-order chi connectivity index (χ1) is 8.65. The van der Waals surface area contributed by atoms with Crippen LogP contribution in [0.15, 0.2) is 5.38 Å². The van der Waals surface area contributed by atoms with Gasteiger partial charge in [-0.05, 0) is 6.42 Å². The summed E-state index contributed by atoms with van der Waals surface area (Å²) in [7, 11) is 1.35. The molecule has 0 bridgehead atoms. The van der Waals surface area contributed by atoms with Crippen LogP contribution in [0.1, 0.15) is 23.5 Å². The van der Waals surface area contributed by atoms with Crippen LogP contribution in [-0.2, 0) is 27.3 Å². The van der Waals surface area contributed by atoms with Gasteiger partial charge in [-0.3, -0.25) is 9.59 Å². The number of rotatable bonds is 7. The van der Waals surface area contributed by atoms with Gasteiger partial charge in [0.15, 0.2) is 0 Å². The van der Waals surface area contributed by atoms with Gasteiger partial charge in [-0.2, -0.15) is 0 Å². The van der Waals surface area contributed by atoms with E-state index >= 15 is 0 Å². The maximum atomic E-state index is 11.5. The number of hydrogen-bond acceptors (Lipinski definition) is 6. The summed E-state index contributed by atoms with van der Waals surface area (Å²) in [5, 5.41) is 5.38. The minimum Gasteiger partial charge on any atom is -0.469 e. The Balaban J connectivity index is 2.19. The summed E-state index contributed by atoms with van der Waals surface area (Å²) in [4.78, 5) is 26.6. The summed E-state index contributed by atoms with van der Waals surface area (Å²) < 4.78 is 4.50. The molecule has 0 aliphatic carbocycles. The molecule has 0 saturated carbocycles. The Labute approximate surface area is 110 Å². The summed E-state index contributed by atoms with van der Waals surface area (Å²) >= 11 is 1.45. The molecule has 0 aromatic carbocycles. The van der Waals surface area contributed by atoms with E-state index in [0.29, 0.717) is 25.9 Å². The SMILES string of the molecule is COC(=O)CCCNC(=O)Cc1csc(CN)n1. The lowest BCUT2D eigenvalue weighted by Gasteiger charge is -2.03. The highest BCUT2D eigenvalue weighted by Gasteiger charge is 2.07. The molecule has 3 N–H and O–H groups in total. The van der Waals surface area contributed by atoms with Crippen molar-refractivity contribution >= 4 is 23.2 Å². The average Bonchev–Trinajstić information content (AvgIpc) is 2.81. The number of methoxy groups -OCH3 is 1. The number of carbonyl (C=O) groups is 2. The number of esters is 1. The first kappa shape index (κ1) is 14.6. The number of hydrogen-bond donors (Lipinski definition) is 2. The van der Waals surface area contributed by atoms with E-state index in [1.54, 1.807) is 0 Å². The van der Waals surface area contributed by atoms with Crippen molar-refractivity contribution in [3.8, 4) is 0 Å². The molecule has 1 amide bonds. The molecule has 0 saturated heterocycles. The molecule has 18 heavy (non-hydrogen) atoms. The zero-order chi connectivity index (χ0) is 13.4. The lowest BCUT2D eigenvalue weighted by atomic mass is 10.3. The largest absolute Gasteiger partial charge is 0.469 e. The summed E-state index contributed by atoms with van der Waals surface area (Å²) in [6.07, 6.45) is 1.13. The molecular formula is C11H17N3O3S. The second kappa shape index (κ2) is 7.78. The molecule has 0 radical (unpaired) electrons. The van der Waals surface area contributed by atoms with E-state index < -0.39 is 0 Å². The number of carbonyl (C=O) groups excluding carboxylic acids is 2. The molecule has 0 aliphatic rings. The molecule has 7 heteroatoms. The Morgan fingerprint density at radius 2 is 2.33 bits per heavy atom. The lowest BCUT2D eigenvalue weighted by molar-refractivity contribution is -0.140. The van der Waals surface area contributed by atoms with E-state index in [1.165, 1.54) is 18.4 Å². The third-order valence-electron chi connectivity index (χ3n) is 2.22. The van der Waals surface area contributed by atoms with Gasteiger partial charge in [0.1, 0.15) is 5.01 Å². The molecule has 6 nitrogen and oxygen atoms in total. The highest BCUT2D eigenvalue weighted by Crippen LogP contribution is 2.09. The summed E-state index contributed by atoms with van der Waals surface area (Å²) in [5.74, 6) is -0.370. The first-order valence-electron chi connectivity index (χ1n) is 5.62. The van der Waals surface area contributed by atoms with Crippen LogP contribution < -0.4 is 11.1 Å². The highest BCUT2D eigenvalue weighted by atomic mass is 32.1. The van der Waals surface area contributed by atoms with Gasteiger partial charge < -0.3 is 15.8 Å². The smallest absolute Gasteiger partial charge is 0.305 e. The molecular weight excluding hydrogens is 254 g/mol. The second-order valence-electron chi connectivity index (χ2n) is 3.64. The van der Waals surface area contributed by atoms with Gasteiger partial charge in [0.05, 0.1) is 19.2 Å². The third-order valence-corrected chi connectivity index (χ3v) is 3.14. The molecule has 1 rings (SSSR count). The zero-order valence-corrected chi connectivity index (χ0v) is 11.1. The van der Waals surface area contributed by atoms with Gasteiger partial charge in [-0.1, -0.05) is 0 Å². The van der Waals surface area contributed by atoms with Gasteiger partial charge in [0.2, 0.25) is 5.91 Å². The fraction of sp³-hybridized carbons (Fsp3) is 0.545. The van der Waals surface area contributed by atoms with Crippen LogP contribution in [0.4, 0.5) is 0 Å². The third kappa shape index (κ3) is 5.24. The normalized spacial score (nSPS) is 10.1. The average molecular weight is 271 g/mol. The Morgan fingerprint density at radius 1 is 1.56 bits per heavy atom. The Morgan fingerprint density at radius 3 is 2.94 bits per heavy atom. The Bertz CT molecular complexity index is 406. The van der Waals surface area contributed by atoms with Crippen LogP contribution in [0, 0.1) is 0 Å². The molecule has 1 aromatic rings. The van der Waals surface area contributed by atoms with Crippen LogP contribution >= 0.6 is 11.3 Å². The standard InChI is InChI=1S/C11H17N3O3S/c1-17-11(16)3-2-4-13-9(15)5-8-7-18-10(6-12)14-8/h7H,2-6,12H2,1H3,(H,13,15). The van der Waals surface area contributed by atoms with Crippen molar-refractivity contribution in [1.29, 1.82) is 0 Å². The number of nitrogens with two attached hydrogens (primary N) is 1. The number of ether oxygens (including phenoxy) is 1. The topological polar surface area (TPSA) is 94.3 Å². The molecule has 0 aliphatic heterocycles. The van der Waals surface area contributed by atoms with Gasteiger partial charge in [-0.25, -0.2) is 4.98 Å². The monoisotopic (exact) mass is 271 g/mol. The molecule has 100 valence electrons. The van der Waals surface area contributed by atoms with Crippen molar-refractivity contribution < 1.29 is 14.3 Å². The van der Waals surface area contributed by atoms with E-state index in [-0.39, 0.29) is 18.3 Å². The molecule has 0 fully saturated rings. The van der Waals surface area contributed by atoms with Gasteiger partial charge >= 0.3 is 5.97 Å². The highest BCUT2D eigenvalue weighted by molar-refractivity contribution is 7.09. The second-order valence-corrected chi connectivity index (χ2v) is 4.59. The van der Waals surface area contributed by atoms with Crippen molar-refractivity contribution in [3.05, 3.63) is 16.1 Å². The van der Waals surface area contributed by atoms with Crippen molar-refractivity contribution in [2.75, 3.05) is 13.7 Å². The molecule has 1 heterocycles. The number of amides is 1. The van der Waals surface area contributed by atoms with E-state index in [9.17, 15) is 9.59 Å². The van der Waals surface area contributed by atoms with Crippen molar-refractivity contribution in [2.24, 2.45) is 5.73 Å². The molecule has 0 spiro atoms. The van der Waals surface area contributed by atoms with Gasteiger partial charge in [0.25, 0.3) is 0 Å². The van der Waals surface area contributed by atoms with E-state index in [0.717, 1.165) is 10.7 Å². The fourth-order valence-corrected chi connectivity index (χ4v) is 1.99. The number of aromatic nitrogens is 1. The van der Waals surface area contributed by atoms with Crippen LogP contribution in [0.5, 0.6) is 0 Å². The molecule has 0 atom stereocenters. The van der Waals surface area contributed by atoms with E-state index in [2.05, 4.69) is 15.0 Å². The Kier molecular flexibility index (Phi) is 6.31. The van der Waals surface area contributed by atoms with Crippen LogP contribution in [0.3, 0.4) is 0 Å². The predicted octanol–water partition coefficient (Wildman–Crippen LogP) is 0.214.